The molecule has 3 rings (SSSR count). The lowest BCUT2D eigenvalue weighted by Gasteiger charge is -2.37. The number of allylic oxidation sites excluding steroid dienone is 3. The van der Waals surface area contributed by atoms with Crippen molar-refractivity contribution in [3.8, 4) is 0 Å². The van der Waals surface area contributed by atoms with Gasteiger partial charge >= 0.3 is 5.97 Å². The van der Waals surface area contributed by atoms with Crippen LogP contribution in [0.5, 0.6) is 0 Å². The van der Waals surface area contributed by atoms with Gasteiger partial charge in [-0.3, -0.25) is 4.79 Å². The zero-order valence-electron chi connectivity index (χ0n) is 13.0. The topological polar surface area (TPSA) is 66.4 Å². The highest BCUT2D eigenvalue weighted by Gasteiger charge is 2.39. The lowest BCUT2D eigenvalue weighted by Crippen LogP contribution is -2.37. The minimum absolute atomic E-state index is 0.0735. The molecule has 1 aliphatic carbocycles. The van der Waals surface area contributed by atoms with E-state index in [-0.39, 0.29) is 22.8 Å². The Hall–Kier alpha value is -2.07. The van der Waals surface area contributed by atoms with Crippen molar-refractivity contribution in [2.45, 2.75) is 32.6 Å². The summed E-state index contributed by atoms with van der Waals surface area (Å²) in [6.45, 7) is 4.04. The Labute approximate surface area is 139 Å². The van der Waals surface area contributed by atoms with Crippen molar-refractivity contribution in [3.63, 3.8) is 0 Å². The van der Waals surface area contributed by atoms with Crippen LogP contribution in [-0.4, -0.2) is 16.9 Å². The van der Waals surface area contributed by atoms with Gasteiger partial charge in [0.1, 0.15) is 5.70 Å². The van der Waals surface area contributed by atoms with Crippen LogP contribution in [0.2, 0.25) is 5.02 Å². The second-order valence-electron chi connectivity index (χ2n) is 6.87. The maximum absolute atomic E-state index is 12.7. The SMILES string of the molecule is CC1(C)CC(=O)C2=C(C1)NC(C(=O)O)=C[C@@H]2c1ccc(Cl)cc1. The first kappa shape index (κ1) is 15.8. The molecule has 0 aromatic heterocycles. The van der Waals surface area contributed by atoms with Crippen molar-refractivity contribution < 1.29 is 14.7 Å². The molecule has 0 unspecified atom stereocenters. The normalized spacial score (nSPS) is 23.0. The van der Waals surface area contributed by atoms with Crippen LogP contribution >= 0.6 is 11.6 Å². The summed E-state index contributed by atoms with van der Waals surface area (Å²) in [4.78, 5) is 24.1. The van der Waals surface area contributed by atoms with Gasteiger partial charge in [-0.2, -0.15) is 0 Å². The van der Waals surface area contributed by atoms with E-state index in [2.05, 4.69) is 5.32 Å². The van der Waals surface area contributed by atoms with Gasteiger partial charge in [0.2, 0.25) is 0 Å². The third-order valence-corrected chi connectivity index (χ3v) is 4.56. The third kappa shape index (κ3) is 3.04. The minimum atomic E-state index is -1.02. The van der Waals surface area contributed by atoms with Gasteiger partial charge in [-0.05, 0) is 35.6 Å². The number of carboxylic acids is 1. The molecule has 1 aromatic carbocycles. The fraction of sp³-hybridized carbons (Fsp3) is 0.333. The second-order valence-corrected chi connectivity index (χ2v) is 7.31. The average Bonchev–Trinajstić information content (AvgIpc) is 2.45. The molecule has 0 saturated carbocycles. The van der Waals surface area contributed by atoms with E-state index in [1.54, 1.807) is 18.2 Å². The van der Waals surface area contributed by atoms with E-state index in [1.807, 2.05) is 26.0 Å². The number of hydrogen-bond acceptors (Lipinski definition) is 3. The fourth-order valence-electron chi connectivity index (χ4n) is 3.32. The van der Waals surface area contributed by atoms with E-state index < -0.39 is 5.97 Å². The minimum Gasteiger partial charge on any atom is -0.477 e. The standard InChI is InChI=1S/C18H18ClNO3/c1-18(2)8-14-16(15(21)9-18)12(7-13(20-14)17(22)23)10-3-5-11(19)6-4-10/h3-7,12,20H,8-9H2,1-2H3,(H,22,23)/t12-/m1/s1. The quantitative estimate of drug-likeness (QED) is 0.868. The van der Waals surface area contributed by atoms with E-state index in [0.29, 0.717) is 23.4 Å². The van der Waals surface area contributed by atoms with Crippen molar-refractivity contribution in [2.24, 2.45) is 5.41 Å². The summed E-state index contributed by atoms with van der Waals surface area (Å²) in [5.41, 5.74) is 2.22. The molecule has 23 heavy (non-hydrogen) atoms. The summed E-state index contributed by atoms with van der Waals surface area (Å²) in [6.07, 6.45) is 2.73. The Morgan fingerprint density at radius 2 is 1.91 bits per heavy atom. The van der Waals surface area contributed by atoms with E-state index in [1.165, 1.54) is 0 Å². The first-order chi connectivity index (χ1) is 10.8. The Balaban J connectivity index is 2.11. The molecule has 5 heteroatoms. The number of carbonyl (C=O) groups is 2. The molecule has 120 valence electrons. The molecular weight excluding hydrogens is 314 g/mol. The lowest BCUT2D eigenvalue weighted by molar-refractivity contribution is -0.133. The molecule has 0 radical (unpaired) electrons. The maximum atomic E-state index is 12.7. The number of dihydropyridines is 1. The number of hydrogen-bond donors (Lipinski definition) is 2. The summed E-state index contributed by atoms with van der Waals surface area (Å²) in [7, 11) is 0. The number of carboxylic acid groups (broad SMARTS) is 1. The van der Waals surface area contributed by atoms with Gasteiger partial charge in [-0.15, -0.1) is 0 Å². The average molecular weight is 332 g/mol. The van der Waals surface area contributed by atoms with Gasteiger partial charge in [0.05, 0.1) is 0 Å². The molecule has 2 aliphatic rings. The Kier molecular flexibility index (Phi) is 3.80. The number of ketones is 1. The summed E-state index contributed by atoms with van der Waals surface area (Å²) in [5, 5.41) is 12.9. The zero-order valence-corrected chi connectivity index (χ0v) is 13.8. The predicted molar refractivity (Wildman–Crippen MR) is 88.1 cm³/mol. The summed E-state index contributed by atoms with van der Waals surface area (Å²) in [5.74, 6) is -1.30. The van der Waals surface area contributed by atoms with Crippen LogP contribution in [-0.2, 0) is 9.59 Å². The van der Waals surface area contributed by atoms with Gasteiger partial charge in [-0.1, -0.05) is 37.6 Å². The van der Waals surface area contributed by atoms with Crippen LogP contribution in [0.4, 0.5) is 0 Å². The van der Waals surface area contributed by atoms with E-state index in [4.69, 9.17) is 11.6 Å². The summed E-state index contributed by atoms with van der Waals surface area (Å²) < 4.78 is 0. The number of nitrogens with one attached hydrogen (secondary N) is 1. The van der Waals surface area contributed by atoms with Gasteiger partial charge in [0.15, 0.2) is 5.78 Å². The van der Waals surface area contributed by atoms with Crippen LogP contribution in [0.15, 0.2) is 47.3 Å². The molecule has 1 atom stereocenters. The number of carbonyl (C=O) groups excluding carboxylic acids is 1. The number of halogens is 1. The van der Waals surface area contributed by atoms with Gasteiger partial charge in [0.25, 0.3) is 0 Å². The van der Waals surface area contributed by atoms with E-state index in [9.17, 15) is 14.7 Å². The summed E-state index contributed by atoms with van der Waals surface area (Å²) >= 11 is 5.93. The fourth-order valence-corrected chi connectivity index (χ4v) is 3.45. The monoisotopic (exact) mass is 331 g/mol. The Morgan fingerprint density at radius 3 is 2.52 bits per heavy atom. The molecule has 0 saturated heterocycles. The third-order valence-electron chi connectivity index (χ3n) is 4.31. The van der Waals surface area contributed by atoms with Crippen molar-refractivity contribution >= 4 is 23.4 Å². The molecule has 0 amide bonds. The smallest absolute Gasteiger partial charge is 0.351 e. The molecule has 4 nitrogen and oxygen atoms in total. The highest BCUT2D eigenvalue weighted by atomic mass is 35.5. The zero-order chi connectivity index (χ0) is 16.8. The molecule has 0 fully saturated rings. The molecule has 1 heterocycles. The second kappa shape index (κ2) is 5.53. The van der Waals surface area contributed by atoms with Crippen LogP contribution in [0, 0.1) is 5.41 Å². The highest BCUT2D eigenvalue weighted by molar-refractivity contribution is 6.30. The van der Waals surface area contributed by atoms with Gasteiger partial charge in [0, 0.05) is 28.6 Å². The van der Waals surface area contributed by atoms with Crippen molar-refractivity contribution in [2.75, 3.05) is 0 Å². The molecule has 2 N–H and O–H groups in total. The molecular formula is C18H18ClNO3. The van der Waals surface area contributed by atoms with Crippen LogP contribution in [0.3, 0.4) is 0 Å². The van der Waals surface area contributed by atoms with Crippen molar-refractivity contribution in [1.29, 1.82) is 0 Å². The number of aliphatic carboxylic acids is 1. The van der Waals surface area contributed by atoms with E-state index in [0.717, 1.165) is 11.3 Å². The van der Waals surface area contributed by atoms with Gasteiger partial charge < -0.3 is 10.4 Å². The predicted octanol–water partition coefficient (Wildman–Crippen LogP) is 3.64. The number of rotatable bonds is 2. The Morgan fingerprint density at radius 1 is 1.26 bits per heavy atom. The van der Waals surface area contributed by atoms with Crippen LogP contribution in [0.1, 0.15) is 38.2 Å². The largest absolute Gasteiger partial charge is 0.477 e. The maximum Gasteiger partial charge on any atom is 0.351 e. The molecule has 0 bridgehead atoms. The van der Waals surface area contributed by atoms with E-state index >= 15 is 0 Å². The lowest BCUT2D eigenvalue weighted by atomic mass is 9.70. The molecule has 0 spiro atoms. The summed E-state index contributed by atoms with van der Waals surface area (Å²) in [6, 6.07) is 7.19. The van der Waals surface area contributed by atoms with Crippen molar-refractivity contribution in [1.82, 2.24) is 5.32 Å². The first-order valence-electron chi connectivity index (χ1n) is 7.51. The van der Waals surface area contributed by atoms with Crippen molar-refractivity contribution in [3.05, 3.63) is 57.9 Å². The Bertz CT molecular complexity index is 744. The van der Waals surface area contributed by atoms with Crippen LogP contribution in [0.25, 0.3) is 0 Å². The molecule has 1 aliphatic heterocycles. The van der Waals surface area contributed by atoms with Gasteiger partial charge in [-0.25, -0.2) is 4.79 Å². The van der Waals surface area contributed by atoms with Crippen LogP contribution < -0.4 is 5.32 Å². The highest BCUT2D eigenvalue weighted by Crippen LogP contribution is 2.43. The molecule has 1 aromatic rings. The number of benzene rings is 1. The number of Topliss-reactive ketones (excluding diaryl/α,β-unsaturated/α-hetero) is 1. The first-order valence-corrected chi connectivity index (χ1v) is 7.88.